The number of nitro groups is 1. The van der Waals surface area contributed by atoms with Gasteiger partial charge in [0.25, 0.3) is 5.69 Å². The molecule has 0 aliphatic heterocycles. The minimum absolute atomic E-state index is 0. The molecule has 1 rings (SSSR count). The fraction of sp³-hybridized carbons (Fsp3) is 0.308. The van der Waals surface area contributed by atoms with Crippen molar-refractivity contribution in [3.63, 3.8) is 0 Å². The van der Waals surface area contributed by atoms with Crippen molar-refractivity contribution in [1.29, 1.82) is 0 Å². The molecule has 0 aromatic heterocycles. The summed E-state index contributed by atoms with van der Waals surface area (Å²) in [6.45, 7) is -1.55. The van der Waals surface area contributed by atoms with Gasteiger partial charge in [0.05, 0.1) is 18.1 Å². The number of benzene rings is 1. The number of non-ortho nitro benzene ring substituents is 1. The molecular weight excluding hydrogens is 404 g/mol. The van der Waals surface area contributed by atoms with Gasteiger partial charge < -0.3 is 26.2 Å². The number of hydrogen-bond donors (Lipinski definition) is 4. The van der Waals surface area contributed by atoms with Crippen LogP contribution in [0.25, 0.3) is 0 Å². The Hall–Kier alpha value is -2.57. The molecule has 0 saturated heterocycles. The summed E-state index contributed by atoms with van der Waals surface area (Å²) in [4.78, 5) is 44.2. The van der Waals surface area contributed by atoms with Gasteiger partial charge in [-0.25, -0.2) is 4.79 Å². The maximum atomic E-state index is 11.7. The number of rotatable bonds is 8. The second kappa shape index (κ2) is 11.1. The van der Waals surface area contributed by atoms with E-state index in [1.54, 1.807) is 0 Å². The van der Waals surface area contributed by atoms with E-state index < -0.39 is 41.9 Å². The summed E-state index contributed by atoms with van der Waals surface area (Å²) in [6, 6.07) is 3.54. The number of ether oxygens (including phenoxy) is 1. The Morgan fingerprint density at radius 1 is 1.28 bits per heavy atom. The van der Waals surface area contributed by atoms with Gasteiger partial charge in [-0.1, -0.05) is 0 Å². The molecule has 5 N–H and O–H groups in total. The van der Waals surface area contributed by atoms with Crippen LogP contribution >= 0.6 is 17.0 Å². The zero-order chi connectivity index (χ0) is 18.1. The summed E-state index contributed by atoms with van der Waals surface area (Å²) >= 11 is 0. The highest BCUT2D eigenvalue weighted by Crippen LogP contribution is 2.17. The van der Waals surface area contributed by atoms with Crippen LogP contribution in [0.3, 0.4) is 0 Å². The fourth-order valence-electron chi connectivity index (χ4n) is 1.53. The minimum atomic E-state index is -1.24. The zero-order valence-electron chi connectivity index (χ0n) is 12.8. The highest BCUT2D eigenvalue weighted by molar-refractivity contribution is 8.93. The summed E-state index contributed by atoms with van der Waals surface area (Å²) in [7, 11) is 0. The number of aliphatic hydroxyl groups excluding tert-OH is 1. The van der Waals surface area contributed by atoms with Crippen LogP contribution in [0.5, 0.6) is 5.75 Å². The topological polar surface area (TPSA) is 174 Å². The molecule has 0 spiro atoms. The number of nitrogens with two attached hydrogens (primary N) is 1. The lowest BCUT2D eigenvalue weighted by Gasteiger charge is -2.15. The summed E-state index contributed by atoms with van der Waals surface area (Å²) in [5, 5.41) is 23.9. The molecule has 0 fully saturated rings. The van der Waals surface area contributed by atoms with Crippen LogP contribution in [0.15, 0.2) is 24.3 Å². The van der Waals surface area contributed by atoms with E-state index >= 15 is 0 Å². The van der Waals surface area contributed by atoms with Crippen LogP contribution in [0.4, 0.5) is 5.69 Å². The third kappa shape index (κ3) is 7.69. The SMILES string of the molecule is Br.NCC(=O)NC(CO)C(=O)NCC(=O)Oc1ccc([N+](=O)[O-])cc1. The quantitative estimate of drug-likeness (QED) is 0.172. The molecule has 25 heavy (non-hydrogen) atoms. The Morgan fingerprint density at radius 2 is 1.88 bits per heavy atom. The van der Waals surface area contributed by atoms with Gasteiger partial charge in [0, 0.05) is 12.1 Å². The average Bonchev–Trinajstić information content (AvgIpc) is 2.57. The van der Waals surface area contributed by atoms with Gasteiger partial charge >= 0.3 is 5.97 Å². The van der Waals surface area contributed by atoms with E-state index in [9.17, 15) is 24.5 Å². The number of hydrogen-bond acceptors (Lipinski definition) is 8. The van der Waals surface area contributed by atoms with E-state index in [0.717, 1.165) is 12.1 Å². The zero-order valence-corrected chi connectivity index (χ0v) is 14.6. The molecule has 0 radical (unpaired) electrons. The van der Waals surface area contributed by atoms with Gasteiger partial charge in [-0.15, -0.1) is 17.0 Å². The lowest BCUT2D eigenvalue weighted by molar-refractivity contribution is -0.384. The highest BCUT2D eigenvalue weighted by Gasteiger charge is 2.20. The van der Waals surface area contributed by atoms with E-state index in [0.29, 0.717) is 0 Å². The largest absolute Gasteiger partial charge is 0.425 e. The van der Waals surface area contributed by atoms with Crippen LogP contribution in [0.2, 0.25) is 0 Å². The van der Waals surface area contributed by atoms with Crippen molar-refractivity contribution in [2.24, 2.45) is 5.73 Å². The predicted octanol–water partition coefficient (Wildman–Crippen LogP) is -1.37. The molecular formula is C13H17BrN4O7. The number of halogens is 1. The molecule has 0 bridgehead atoms. The van der Waals surface area contributed by atoms with Crippen LogP contribution in [-0.2, 0) is 14.4 Å². The first-order chi connectivity index (χ1) is 11.4. The Kier molecular flexibility index (Phi) is 9.93. The third-order valence-corrected chi connectivity index (χ3v) is 2.71. The summed E-state index contributed by atoms with van der Waals surface area (Å²) in [5.41, 5.74) is 4.91. The Bertz CT molecular complexity index is 623. The van der Waals surface area contributed by atoms with Crippen molar-refractivity contribution in [3.8, 4) is 5.75 Å². The second-order valence-electron chi connectivity index (χ2n) is 4.45. The van der Waals surface area contributed by atoms with Crippen molar-refractivity contribution in [2.45, 2.75) is 6.04 Å². The maximum Gasteiger partial charge on any atom is 0.330 e. The Balaban J connectivity index is 0.00000576. The lowest BCUT2D eigenvalue weighted by atomic mass is 10.3. The number of carbonyl (C=O) groups is 3. The lowest BCUT2D eigenvalue weighted by Crippen LogP contribution is -2.51. The van der Waals surface area contributed by atoms with E-state index in [-0.39, 0.29) is 35.0 Å². The van der Waals surface area contributed by atoms with E-state index in [2.05, 4.69) is 10.6 Å². The molecule has 1 unspecified atom stereocenters. The number of nitrogens with one attached hydrogen (secondary N) is 2. The van der Waals surface area contributed by atoms with E-state index in [1.807, 2.05) is 0 Å². The molecule has 138 valence electrons. The highest BCUT2D eigenvalue weighted by atomic mass is 79.9. The van der Waals surface area contributed by atoms with Gasteiger partial charge in [-0.3, -0.25) is 19.7 Å². The monoisotopic (exact) mass is 420 g/mol. The minimum Gasteiger partial charge on any atom is -0.425 e. The van der Waals surface area contributed by atoms with Gasteiger partial charge in [-0.2, -0.15) is 0 Å². The maximum absolute atomic E-state index is 11.7. The van der Waals surface area contributed by atoms with Crippen LogP contribution in [-0.4, -0.2) is 53.6 Å². The van der Waals surface area contributed by atoms with Gasteiger partial charge in [0.1, 0.15) is 18.3 Å². The molecule has 0 aliphatic carbocycles. The number of nitrogens with zero attached hydrogens (tertiary/aromatic N) is 1. The molecule has 1 aromatic rings. The molecule has 11 nitrogen and oxygen atoms in total. The smallest absolute Gasteiger partial charge is 0.330 e. The number of aliphatic hydroxyl groups is 1. The van der Waals surface area contributed by atoms with Crippen LogP contribution in [0.1, 0.15) is 0 Å². The van der Waals surface area contributed by atoms with E-state index in [1.165, 1.54) is 12.1 Å². The predicted molar refractivity (Wildman–Crippen MR) is 90.1 cm³/mol. The van der Waals surface area contributed by atoms with Crippen LogP contribution in [0, 0.1) is 10.1 Å². The van der Waals surface area contributed by atoms with E-state index in [4.69, 9.17) is 15.6 Å². The molecule has 1 atom stereocenters. The normalized spacial score (nSPS) is 10.8. The standard InChI is InChI=1S/C13H16N4O7.BrH/c14-5-11(19)16-10(7-18)13(21)15-6-12(20)24-9-3-1-8(2-4-9)17(22)23;/h1-4,10,18H,5-7,14H2,(H,15,21)(H,16,19);1H. The fourth-order valence-corrected chi connectivity index (χ4v) is 1.53. The molecule has 0 saturated carbocycles. The van der Waals surface area contributed by atoms with Gasteiger partial charge in [-0.05, 0) is 12.1 Å². The van der Waals surface area contributed by atoms with Gasteiger partial charge in [0.15, 0.2) is 0 Å². The first kappa shape index (κ1) is 22.4. The first-order valence-electron chi connectivity index (χ1n) is 6.70. The molecule has 1 aromatic carbocycles. The second-order valence-corrected chi connectivity index (χ2v) is 4.45. The first-order valence-corrected chi connectivity index (χ1v) is 6.70. The summed E-state index contributed by atoms with van der Waals surface area (Å²) in [5.74, 6) is -2.20. The van der Waals surface area contributed by atoms with Crippen molar-refractivity contribution in [1.82, 2.24) is 10.6 Å². The number of carbonyl (C=O) groups excluding carboxylic acids is 3. The van der Waals surface area contributed by atoms with Crippen molar-refractivity contribution in [3.05, 3.63) is 34.4 Å². The Labute approximate surface area is 152 Å². The number of amides is 2. The molecule has 0 heterocycles. The molecule has 12 heteroatoms. The summed E-state index contributed by atoms with van der Waals surface area (Å²) < 4.78 is 4.87. The number of nitro benzene ring substituents is 1. The average molecular weight is 421 g/mol. The van der Waals surface area contributed by atoms with Crippen molar-refractivity contribution >= 4 is 40.5 Å². The van der Waals surface area contributed by atoms with Crippen molar-refractivity contribution < 1.29 is 29.2 Å². The molecule has 0 aliphatic rings. The summed E-state index contributed by atoms with van der Waals surface area (Å²) in [6.07, 6.45) is 0. The molecule has 2 amide bonds. The third-order valence-electron chi connectivity index (χ3n) is 2.71. The number of esters is 1. The van der Waals surface area contributed by atoms with Crippen molar-refractivity contribution in [2.75, 3.05) is 19.7 Å². The Morgan fingerprint density at radius 3 is 2.36 bits per heavy atom. The van der Waals surface area contributed by atoms with Crippen LogP contribution < -0.4 is 21.1 Å². The van der Waals surface area contributed by atoms with Gasteiger partial charge in [0.2, 0.25) is 11.8 Å².